The standard InChI is InChI=1S/C16H22NO5P/c1-3-20-23(19,21-4-2)16-11-8-12-17(22-16)15(18)13-14-9-6-5-7-10-14/h5-11,16H,3-4,12-13H2,1-2H3. The van der Waals surface area contributed by atoms with Crippen LogP contribution < -0.4 is 0 Å². The number of nitrogens with zero attached hydrogens (tertiary/aromatic N) is 1. The molecule has 0 saturated carbocycles. The van der Waals surface area contributed by atoms with Crippen LogP contribution >= 0.6 is 7.60 Å². The van der Waals surface area contributed by atoms with Gasteiger partial charge < -0.3 is 9.05 Å². The number of carbonyl (C=O) groups excluding carboxylic acids is 1. The molecule has 0 bridgehead atoms. The molecule has 6 nitrogen and oxygen atoms in total. The van der Waals surface area contributed by atoms with Crippen molar-refractivity contribution in [2.24, 2.45) is 0 Å². The monoisotopic (exact) mass is 339 g/mol. The van der Waals surface area contributed by atoms with Crippen molar-refractivity contribution in [3.63, 3.8) is 0 Å². The van der Waals surface area contributed by atoms with Crippen molar-refractivity contribution in [1.82, 2.24) is 5.06 Å². The van der Waals surface area contributed by atoms with Crippen LogP contribution in [0.2, 0.25) is 0 Å². The zero-order valence-corrected chi connectivity index (χ0v) is 14.3. The summed E-state index contributed by atoms with van der Waals surface area (Å²) < 4.78 is 23.3. The highest BCUT2D eigenvalue weighted by Gasteiger charge is 2.39. The SMILES string of the molecule is CCOP(=O)(OCC)C1C=CCN(C(=O)Cc2ccccc2)O1. The number of hydrogen-bond donors (Lipinski definition) is 0. The Hall–Kier alpha value is -1.46. The maximum atomic E-state index is 12.7. The minimum absolute atomic E-state index is 0.204. The summed E-state index contributed by atoms with van der Waals surface area (Å²) in [5.41, 5.74) is 0.894. The van der Waals surface area contributed by atoms with Gasteiger partial charge in [-0.2, -0.15) is 0 Å². The first kappa shape index (κ1) is 17.9. The Bertz CT molecular complexity index is 579. The molecule has 0 N–H and O–H groups in total. The molecule has 1 aliphatic heterocycles. The van der Waals surface area contributed by atoms with E-state index in [9.17, 15) is 9.36 Å². The van der Waals surface area contributed by atoms with Gasteiger partial charge in [0.25, 0.3) is 5.91 Å². The lowest BCUT2D eigenvalue weighted by molar-refractivity contribution is -0.189. The molecule has 0 fully saturated rings. The van der Waals surface area contributed by atoms with E-state index in [1.807, 2.05) is 30.3 Å². The van der Waals surface area contributed by atoms with E-state index in [-0.39, 0.29) is 25.5 Å². The van der Waals surface area contributed by atoms with Crippen LogP contribution in [-0.4, -0.2) is 36.6 Å². The predicted molar refractivity (Wildman–Crippen MR) is 86.7 cm³/mol. The number of carbonyl (C=O) groups is 1. The molecule has 1 unspecified atom stereocenters. The fraction of sp³-hybridized carbons (Fsp3) is 0.438. The molecule has 1 atom stereocenters. The van der Waals surface area contributed by atoms with Gasteiger partial charge in [-0.1, -0.05) is 36.4 Å². The van der Waals surface area contributed by atoms with Crippen molar-refractivity contribution in [3.8, 4) is 0 Å². The summed E-state index contributed by atoms with van der Waals surface area (Å²) in [6.45, 7) is 4.25. The smallest absolute Gasteiger partial charge is 0.307 e. The molecule has 1 aromatic carbocycles. The summed E-state index contributed by atoms with van der Waals surface area (Å²) in [5, 5.41) is 1.21. The summed E-state index contributed by atoms with van der Waals surface area (Å²) in [6, 6.07) is 9.40. The van der Waals surface area contributed by atoms with Gasteiger partial charge >= 0.3 is 7.60 Å². The molecule has 1 amide bonds. The number of hydrogen-bond acceptors (Lipinski definition) is 5. The maximum Gasteiger partial charge on any atom is 0.365 e. The Morgan fingerprint density at radius 2 is 1.91 bits per heavy atom. The van der Waals surface area contributed by atoms with Gasteiger partial charge in [-0.15, -0.1) is 0 Å². The first-order chi connectivity index (χ1) is 11.1. The lowest BCUT2D eigenvalue weighted by atomic mass is 10.1. The summed E-state index contributed by atoms with van der Waals surface area (Å²) in [7, 11) is -3.46. The molecule has 23 heavy (non-hydrogen) atoms. The lowest BCUT2D eigenvalue weighted by Gasteiger charge is -2.31. The zero-order chi connectivity index (χ0) is 16.7. The summed E-state index contributed by atoms with van der Waals surface area (Å²) in [4.78, 5) is 17.9. The number of amides is 1. The molecular weight excluding hydrogens is 317 g/mol. The molecule has 1 aliphatic rings. The van der Waals surface area contributed by atoms with Crippen LogP contribution in [0.5, 0.6) is 0 Å². The second-order valence-electron chi connectivity index (χ2n) is 4.92. The van der Waals surface area contributed by atoms with E-state index in [1.54, 1.807) is 26.0 Å². The van der Waals surface area contributed by atoms with E-state index in [0.717, 1.165) is 5.56 Å². The van der Waals surface area contributed by atoms with Crippen LogP contribution in [0.25, 0.3) is 0 Å². The van der Waals surface area contributed by atoms with E-state index in [0.29, 0.717) is 6.54 Å². The van der Waals surface area contributed by atoms with Crippen molar-refractivity contribution in [2.75, 3.05) is 19.8 Å². The fourth-order valence-electron chi connectivity index (χ4n) is 2.21. The molecule has 1 heterocycles. The van der Waals surface area contributed by atoms with Gasteiger partial charge in [-0.3, -0.25) is 14.2 Å². The first-order valence-corrected chi connectivity index (χ1v) is 9.26. The quantitative estimate of drug-likeness (QED) is 0.564. The van der Waals surface area contributed by atoms with Crippen LogP contribution in [0.1, 0.15) is 19.4 Å². The second-order valence-corrected chi connectivity index (χ2v) is 7.02. The molecule has 2 rings (SSSR count). The van der Waals surface area contributed by atoms with Crippen LogP contribution in [0.3, 0.4) is 0 Å². The highest BCUT2D eigenvalue weighted by Crippen LogP contribution is 2.54. The van der Waals surface area contributed by atoms with E-state index >= 15 is 0 Å². The maximum absolute atomic E-state index is 12.7. The van der Waals surface area contributed by atoms with Crippen molar-refractivity contribution in [3.05, 3.63) is 48.0 Å². The zero-order valence-electron chi connectivity index (χ0n) is 13.4. The largest absolute Gasteiger partial charge is 0.365 e. The van der Waals surface area contributed by atoms with Crippen molar-refractivity contribution in [1.29, 1.82) is 0 Å². The third-order valence-electron chi connectivity index (χ3n) is 3.21. The van der Waals surface area contributed by atoms with E-state index < -0.39 is 13.4 Å². The lowest BCUT2D eigenvalue weighted by Crippen LogP contribution is -2.39. The minimum atomic E-state index is -3.46. The van der Waals surface area contributed by atoms with Crippen LogP contribution in [0.15, 0.2) is 42.5 Å². The number of rotatable bonds is 7. The van der Waals surface area contributed by atoms with E-state index in [1.165, 1.54) is 5.06 Å². The molecule has 0 aromatic heterocycles. The Kier molecular flexibility index (Phi) is 6.54. The first-order valence-electron chi connectivity index (χ1n) is 7.65. The Morgan fingerprint density at radius 3 is 2.52 bits per heavy atom. The normalized spacial score (nSPS) is 18.2. The van der Waals surface area contributed by atoms with E-state index in [2.05, 4.69) is 0 Å². The van der Waals surface area contributed by atoms with Crippen molar-refractivity contribution in [2.45, 2.75) is 26.1 Å². The molecular formula is C16H22NO5P. The van der Waals surface area contributed by atoms with Crippen molar-refractivity contribution >= 4 is 13.5 Å². The summed E-state index contributed by atoms with van der Waals surface area (Å²) >= 11 is 0. The molecule has 0 saturated heterocycles. The summed E-state index contributed by atoms with van der Waals surface area (Å²) in [6.07, 6.45) is 3.58. The van der Waals surface area contributed by atoms with Gasteiger partial charge in [-0.25, -0.2) is 5.06 Å². The average Bonchev–Trinajstić information content (AvgIpc) is 2.56. The van der Waals surface area contributed by atoms with E-state index in [4.69, 9.17) is 13.9 Å². The van der Waals surface area contributed by atoms with Gasteiger partial charge in [0.1, 0.15) is 0 Å². The Labute approximate surface area is 136 Å². The van der Waals surface area contributed by atoms with Gasteiger partial charge in [-0.05, 0) is 25.5 Å². The molecule has 0 aliphatic carbocycles. The molecule has 0 radical (unpaired) electrons. The number of benzene rings is 1. The second kappa shape index (κ2) is 8.41. The third-order valence-corrected chi connectivity index (χ3v) is 5.34. The molecule has 126 valence electrons. The average molecular weight is 339 g/mol. The summed E-state index contributed by atoms with van der Waals surface area (Å²) in [5.74, 6) is -1.11. The Morgan fingerprint density at radius 1 is 1.26 bits per heavy atom. The van der Waals surface area contributed by atoms with Gasteiger partial charge in [0.05, 0.1) is 26.2 Å². The molecule has 0 spiro atoms. The highest BCUT2D eigenvalue weighted by atomic mass is 31.2. The topological polar surface area (TPSA) is 65.1 Å². The minimum Gasteiger partial charge on any atom is -0.307 e. The molecule has 1 aromatic rings. The third kappa shape index (κ3) is 4.75. The van der Waals surface area contributed by atoms with Gasteiger partial charge in [0.2, 0.25) is 5.85 Å². The number of hydroxylamine groups is 2. The van der Waals surface area contributed by atoms with Crippen LogP contribution in [-0.2, 0) is 29.7 Å². The van der Waals surface area contributed by atoms with Crippen LogP contribution in [0, 0.1) is 0 Å². The Balaban J connectivity index is 2.05. The van der Waals surface area contributed by atoms with Gasteiger partial charge in [0, 0.05) is 0 Å². The molecule has 7 heteroatoms. The highest BCUT2D eigenvalue weighted by molar-refractivity contribution is 7.54. The predicted octanol–water partition coefficient (Wildman–Crippen LogP) is 3.15. The van der Waals surface area contributed by atoms with Crippen molar-refractivity contribution < 1.29 is 23.2 Å². The fourth-order valence-corrected chi connectivity index (χ4v) is 3.86. The van der Waals surface area contributed by atoms with Crippen LogP contribution in [0.4, 0.5) is 0 Å². The van der Waals surface area contributed by atoms with Gasteiger partial charge in [0.15, 0.2) is 0 Å².